The topological polar surface area (TPSA) is 97.0 Å². The summed E-state index contributed by atoms with van der Waals surface area (Å²) in [4.78, 5) is 22.4. The van der Waals surface area contributed by atoms with Crippen LogP contribution in [-0.2, 0) is 4.79 Å². The SMILES string of the molecule is O=C(O)COc1ccc(O)c(C(=O)/C=C/c2ccco2)c1. The highest BCUT2D eigenvalue weighted by Gasteiger charge is 2.11. The minimum atomic E-state index is -1.13. The second kappa shape index (κ2) is 6.42. The fourth-order valence-corrected chi connectivity index (χ4v) is 1.58. The molecule has 1 heterocycles. The molecular weight excluding hydrogens is 276 g/mol. The Hall–Kier alpha value is -3.02. The molecule has 21 heavy (non-hydrogen) atoms. The van der Waals surface area contributed by atoms with E-state index in [-0.39, 0.29) is 17.1 Å². The van der Waals surface area contributed by atoms with Gasteiger partial charge in [-0.1, -0.05) is 0 Å². The van der Waals surface area contributed by atoms with Crippen molar-refractivity contribution >= 4 is 17.8 Å². The first kappa shape index (κ1) is 14.4. The van der Waals surface area contributed by atoms with Crippen LogP contribution >= 0.6 is 0 Å². The van der Waals surface area contributed by atoms with E-state index in [9.17, 15) is 14.7 Å². The molecule has 0 amide bonds. The highest BCUT2D eigenvalue weighted by atomic mass is 16.5. The smallest absolute Gasteiger partial charge is 0.341 e. The molecule has 0 saturated carbocycles. The molecule has 6 heteroatoms. The van der Waals surface area contributed by atoms with Gasteiger partial charge in [-0.15, -0.1) is 0 Å². The van der Waals surface area contributed by atoms with Crippen LogP contribution in [0.25, 0.3) is 6.08 Å². The number of phenols is 1. The van der Waals surface area contributed by atoms with Gasteiger partial charge in [-0.25, -0.2) is 4.79 Å². The lowest BCUT2D eigenvalue weighted by Gasteiger charge is -2.06. The maximum Gasteiger partial charge on any atom is 0.341 e. The van der Waals surface area contributed by atoms with E-state index in [2.05, 4.69) is 0 Å². The van der Waals surface area contributed by atoms with E-state index in [1.165, 1.54) is 36.6 Å². The monoisotopic (exact) mass is 288 g/mol. The summed E-state index contributed by atoms with van der Waals surface area (Å²) in [5, 5.41) is 18.2. The van der Waals surface area contributed by atoms with E-state index < -0.39 is 18.4 Å². The number of ketones is 1. The third kappa shape index (κ3) is 3.97. The van der Waals surface area contributed by atoms with Gasteiger partial charge in [0, 0.05) is 0 Å². The number of aromatic hydroxyl groups is 1. The van der Waals surface area contributed by atoms with Crippen molar-refractivity contribution in [1.82, 2.24) is 0 Å². The summed E-state index contributed by atoms with van der Waals surface area (Å²) >= 11 is 0. The van der Waals surface area contributed by atoms with Gasteiger partial charge < -0.3 is 19.4 Å². The molecule has 0 unspecified atom stereocenters. The third-order valence-electron chi connectivity index (χ3n) is 2.54. The number of rotatable bonds is 6. The average Bonchev–Trinajstić information content (AvgIpc) is 2.97. The van der Waals surface area contributed by atoms with E-state index in [0.717, 1.165) is 0 Å². The summed E-state index contributed by atoms with van der Waals surface area (Å²) in [6.45, 7) is -0.527. The van der Waals surface area contributed by atoms with Crippen molar-refractivity contribution in [2.75, 3.05) is 6.61 Å². The van der Waals surface area contributed by atoms with Crippen LogP contribution in [-0.4, -0.2) is 28.6 Å². The normalized spacial score (nSPS) is 10.7. The van der Waals surface area contributed by atoms with Crippen LogP contribution in [0.1, 0.15) is 16.1 Å². The van der Waals surface area contributed by atoms with Crippen LogP contribution in [0.2, 0.25) is 0 Å². The lowest BCUT2D eigenvalue weighted by atomic mass is 10.1. The van der Waals surface area contributed by atoms with Gasteiger partial charge >= 0.3 is 5.97 Å². The van der Waals surface area contributed by atoms with E-state index in [1.807, 2.05) is 0 Å². The molecule has 0 atom stereocenters. The molecule has 6 nitrogen and oxygen atoms in total. The van der Waals surface area contributed by atoms with Crippen molar-refractivity contribution in [1.29, 1.82) is 0 Å². The Morgan fingerprint density at radius 2 is 2.10 bits per heavy atom. The molecule has 0 radical (unpaired) electrons. The number of phenolic OH excluding ortho intramolecular Hbond substituents is 1. The summed E-state index contributed by atoms with van der Waals surface area (Å²) in [5.74, 6) is -1.11. The Morgan fingerprint density at radius 3 is 2.76 bits per heavy atom. The van der Waals surface area contributed by atoms with Crippen molar-refractivity contribution in [3.8, 4) is 11.5 Å². The molecule has 0 aliphatic carbocycles. The maximum atomic E-state index is 12.0. The first-order valence-electron chi connectivity index (χ1n) is 6.00. The Kier molecular flexibility index (Phi) is 4.40. The Morgan fingerprint density at radius 1 is 1.29 bits per heavy atom. The molecule has 0 aliphatic heterocycles. The summed E-state index contributed by atoms with van der Waals surface area (Å²) in [5.41, 5.74) is 0.0145. The van der Waals surface area contributed by atoms with Gasteiger partial charge in [0.25, 0.3) is 0 Å². The van der Waals surface area contributed by atoms with E-state index in [1.54, 1.807) is 12.1 Å². The molecule has 0 bridgehead atoms. The number of carbonyl (C=O) groups excluding carboxylic acids is 1. The van der Waals surface area contributed by atoms with Crippen molar-refractivity contribution in [2.45, 2.75) is 0 Å². The largest absolute Gasteiger partial charge is 0.507 e. The second-order valence-corrected chi connectivity index (χ2v) is 4.07. The number of hydrogen-bond donors (Lipinski definition) is 2. The van der Waals surface area contributed by atoms with Crippen LogP contribution in [0.3, 0.4) is 0 Å². The van der Waals surface area contributed by atoms with Gasteiger partial charge in [0.2, 0.25) is 0 Å². The van der Waals surface area contributed by atoms with Crippen molar-refractivity contribution in [2.24, 2.45) is 0 Å². The fraction of sp³-hybridized carbons (Fsp3) is 0.0667. The van der Waals surface area contributed by atoms with E-state index in [4.69, 9.17) is 14.3 Å². The lowest BCUT2D eigenvalue weighted by molar-refractivity contribution is -0.139. The van der Waals surface area contributed by atoms with E-state index >= 15 is 0 Å². The molecule has 0 fully saturated rings. The molecule has 1 aromatic heterocycles. The summed E-state index contributed by atoms with van der Waals surface area (Å²) < 4.78 is 10.0. The Labute approximate surface area is 119 Å². The summed E-state index contributed by atoms with van der Waals surface area (Å²) in [6, 6.07) is 7.29. The molecular formula is C15H12O6. The molecule has 0 spiro atoms. The predicted molar refractivity (Wildman–Crippen MR) is 73.3 cm³/mol. The zero-order valence-electron chi connectivity index (χ0n) is 10.9. The fourth-order valence-electron chi connectivity index (χ4n) is 1.58. The Bertz CT molecular complexity index is 669. The summed E-state index contributed by atoms with van der Waals surface area (Å²) in [6.07, 6.45) is 4.18. The van der Waals surface area contributed by atoms with Crippen molar-refractivity contribution < 1.29 is 29.0 Å². The lowest BCUT2D eigenvalue weighted by Crippen LogP contribution is -2.09. The molecule has 108 valence electrons. The van der Waals surface area contributed by atoms with Crippen LogP contribution in [0.4, 0.5) is 0 Å². The van der Waals surface area contributed by atoms with Gasteiger partial charge in [-0.2, -0.15) is 0 Å². The average molecular weight is 288 g/mol. The number of allylic oxidation sites excluding steroid dienone is 1. The number of carboxylic acid groups (broad SMARTS) is 1. The first-order chi connectivity index (χ1) is 10.1. The standard InChI is InChI=1S/C15H12O6/c16-13(5-3-10-2-1-7-20-10)12-8-11(4-6-14(12)17)21-9-15(18)19/h1-8,17H,9H2,(H,18,19)/b5-3+. The zero-order chi connectivity index (χ0) is 15.2. The molecule has 2 N–H and O–H groups in total. The van der Waals surface area contributed by atoms with Crippen LogP contribution in [0.5, 0.6) is 11.5 Å². The van der Waals surface area contributed by atoms with Gasteiger partial charge in [-0.05, 0) is 42.5 Å². The molecule has 2 rings (SSSR count). The minimum absolute atomic E-state index is 0.0145. The van der Waals surface area contributed by atoms with Crippen LogP contribution in [0.15, 0.2) is 47.1 Å². The molecule has 0 aliphatic rings. The first-order valence-corrected chi connectivity index (χ1v) is 6.00. The number of ether oxygens (including phenoxy) is 1. The van der Waals surface area contributed by atoms with Crippen molar-refractivity contribution in [3.63, 3.8) is 0 Å². The number of aliphatic carboxylic acids is 1. The quantitative estimate of drug-likeness (QED) is 0.625. The number of hydrogen-bond acceptors (Lipinski definition) is 5. The number of benzene rings is 1. The highest BCUT2D eigenvalue weighted by Crippen LogP contribution is 2.24. The Balaban J connectivity index is 2.15. The second-order valence-electron chi connectivity index (χ2n) is 4.07. The van der Waals surface area contributed by atoms with Gasteiger partial charge in [-0.3, -0.25) is 4.79 Å². The molecule has 0 saturated heterocycles. The molecule has 1 aromatic carbocycles. The maximum absolute atomic E-state index is 12.0. The zero-order valence-corrected chi connectivity index (χ0v) is 10.9. The van der Waals surface area contributed by atoms with Crippen LogP contribution < -0.4 is 4.74 Å². The number of carboxylic acids is 1. The van der Waals surface area contributed by atoms with Gasteiger partial charge in [0.05, 0.1) is 11.8 Å². The van der Waals surface area contributed by atoms with Gasteiger partial charge in [0.15, 0.2) is 12.4 Å². The van der Waals surface area contributed by atoms with Gasteiger partial charge in [0.1, 0.15) is 17.3 Å². The third-order valence-corrected chi connectivity index (χ3v) is 2.54. The number of furan rings is 1. The molecule has 2 aromatic rings. The van der Waals surface area contributed by atoms with E-state index in [0.29, 0.717) is 5.76 Å². The number of carbonyl (C=O) groups is 2. The predicted octanol–water partition coefficient (Wildman–Crippen LogP) is 2.34. The van der Waals surface area contributed by atoms with Crippen LogP contribution in [0, 0.1) is 0 Å². The minimum Gasteiger partial charge on any atom is -0.507 e. The summed E-state index contributed by atoms with van der Waals surface area (Å²) in [7, 11) is 0. The van der Waals surface area contributed by atoms with Crippen molar-refractivity contribution in [3.05, 3.63) is 54.0 Å². The highest BCUT2D eigenvalue weighted by molar-refractivity contribution is 6.08.